The van der Waals surface area contributed by atoms with Gasteiger partial charge in [-0.2, -0.15) is 0 Å². The second-order valence-electron chi connectivity index (χ2n) is 7.71. The van der Waals surface area contributed by atoms with Gasteiger partial charge in [-0.05, 0) is 43.5 Å². The predicted octanol–water partition coefficient (Wildman–Crippen LogP) is 3.70. The maximum absolute atomic E-state index is 12.3. The molecule has 0 radical (unpaired) electrons. The van der Waals surface area contributed by atoms with E-state index in [9.17, 15) is 9.59 Å². The number of rotatable bonds is 4. The summed E-state index contributed by atoms with van der Waals surface area (Å²) < 4.78 is 5.45. The lowest BCUT2D eigenvalue weighted by atomic mass is 10.1. The fourth-order valence-corrected chi connectivity index (χ4v) is 3.14. The number of carbonyl (C=O) groups excluding carboxylic acids is 2. The molecule has 0 atom stereocenters. The minimum absolute atomic E-state index is 0.260. The number of hydrogen-bond acceptors (Lipinski definition) is 5. The maximum Gasteiger partial charge on any atom is 0.410 e. The van der Waals surface area contributed by atoms with Crippen LogP contribution in [-0.4, -0.2) is 27.5 Å². The number of amides is 2. The van der Waals surface area contributed by atoms with Crippen LogP contribution in [0, 0.1) is 0 Å². The van der Waals surface area contributed by atoms with Gasteiger partial charge in [0.25, 0.3) is 0 Å². The molecule has 2 heterocycles. The molecule has 2 amide bonds. The molecule has 7 nitrogen and oxygen atoms in total. The van der Waals surface area contributed by atoms with Gasteiger partial charge in [0.15, 0.2) is 0 Å². The number of nitrogens with zero attached hydrogens (tertiary/aromatic N) is 2. The Morgan fingerprint density at radius 3 is 2.61 bits per heavy atom. The van der Waals surface area contributed by atoms with Crippen molar-refractivity contribution in [2.24, 2.45) is 5.73 Å². The van der Waals surface area contributed by atoms with E-state index in [0.717, 1.165) is 16.7 Å². The summed E-state index contributed by atoms with van der Waals surface area (Å²) in [5.74, 6) is -0.100. The Morgan fingerprint density at radius 1 is 1.25 bits per heavy atom. The standard InChI is InChI=1S/C20H23ClN4O3/c1-20(2,3)28-19(27)25-10-13-5-4-12(6-15(13)11-25)8-23-18-16(21)7-14(9-24-18)17(22)26/h4-7,9H,8,10-11H2,1-3H3,(H2,22,26)(H,23,24). The zero-order valence-electron chi connectivity index (χ0n) is 16.1. The van der Waals surface area contributed by atoms with Crippen LogP contribution < -0.4 is 11.1 Å². The second kappa shape index (κ2) is 7.67. The first-order chi connectivity index (χ1) is 13.1. The first-order valence-electron chi connectivity index (χ1n) is 8.90. The molecule has 1 aromatic heterocycles. The topological polar surface area (TPSA) is 97.6 Å². The van der Waals surface area contributed by atoms with E-state index in [-0.39, 0.29) is 11.7 Å². The van der Waals surface area contributed by atoms with Crippen LogP contribution >= 0.6 is 11.6 Å². The molecule has 1 aromatic carbocycles. The van der Waals surface area contributed by atoms with Crippen LogP contribution in [0.2, 0.25) is 5.02 Å². The highest BCUT2D eigenvalue weighted by molar-refractivity contribution is 6.33. The summed E-state index contributed by atoms with van der Waals surface area (Å²) in [4.78, 5) is 29.3. The molecule has 28 heavy (non-hydrogen) atoms. The smallest absolute Gasteiger partial charge is 0.410 e. The summed E-state index contributed by atoms with van der Waals surface area (Å²) in [6.45, 7) is 7.12. The van der Waals surface area contributed by atoms with Crippen molar-refractivity contribution in [3.63, 3.8) is 0 Å². The molecular formula is C20H23ClN4O3. The van der Waals surface area contributed by atoms with Crippen molar-refractivity contribution in [2.75, 3.05) is 5.32 Å². The van der Waals surface area contributed by atoms with Crippen LogP contribution in [0.3, 0.4) is 0 Å². The molecule has 1 aliphatic rings. The quantitative estimate of drug-likeness (QED) is 0.812. The van der Waals surface area contributed by atoms with E-state index in [1.54, 1.807) is 4.90 Å². The number of benzene rings is 1. The minimum Gasteiger partial charge on any atom is -0.444 e. The first-order valence-corrected chi connectivity index (χ1v) is 9.28. The van der Waals surface area contributed by atoms with E-state index in [0.29, 0.717) is 30.5 Å². The van der Waals surface area contributed by atoms with Crippen molar-refractivity contribution >= 4 is 29.4 Å². The molecule has 0 bridgehead atoms. The molecular weight excluding hydrogens is 380 g/mol. The van der Waals surface area contributed by atoms with Crippen molar-refractivity contribution < 1.29 is 14.3 Å². The van der Waals surface area contributed by atoms with Crippen LogP contribution in [0.5, 0.6) is 0 Å². The van der Waals surface area contributed by atoms with Crippen LogP contribution in [0.25, 0.3) is 0 Å². The van der Waals surface area contributed by atoms with Crippen molar-refractivity contribution in [3.05, 3.63) is 57.7 Å². The molecule has 0 saturated carbocycles. The number of halogens is 1. The van der Waals surface area contributed by atoms with E-state index in [1.807, 2.05) is 32.9 Å². The molecule has 148 valence electrons. The number of carbonyl (C=O) groups is 2. The van der Waals surface area contributed by atoms with Crippen molar-refractivity contribution in [1.29, 1.82) is 0 Å². The van der Waals surface area contributed by atoms with Gasteiger partial charge >= 0.3 is 6.09 Å². The van der Waals surface area contributed by atoms with E-state index in [2.05, 4.69) is 16.4 Å². The van der Waals surface area contributed by atoms with Gasteiger partial charge in [0.05, 0.1) is 10.6 Å². The minimum atomic E-state index is -0.575. The number of aromatic nitrogens is 1. The van der Waals surface area contributed by atoms with Gasteiger partial charge in [0.2, 0.25) is 5.91 Å². The third-order valence-corrected chi connectivity index (χ3v) is 4.52. The van der Waals surface area contributed by atoms with Crippen LogP contribution in [0.15, 0.2) is 30.5 Å². The molecule has 1 aliphatic heterocycles. The zero-order valence-corrected chi connectivity index (χ0v) is 16.8. The molecule has 3 rings (SSSR count). The number of hydrogen-bond donors (Lipinski definition) is 2. The molecule has 0 saturated heterocycles. The number of pyridine rings is 1. The fraction of sp³-hybridized carbons (Fsp3) is 0.350. The van der Waals surface area contributed by atoms with Gasteiger partial charge in [0.1, 0.15) is 11.4 Å². The van der Waals surface area contributed by atoms with Crippen LogP contribution in [-0.2, 0) is 24.4 Å². The van der Waals surface area contributed by atoms with Gasteiger partial charge < -0.3 is 15.8 Å². The monoisotopic (exact) mass is 402 g/mol. The molecule has 8 heteroatoms. The molecule has 2 aromatic rings. The van der Waals surface area contributed by atoms with Crippen molar-refractivity contribution in [1.82, 2.24) is 9.88 Å². The van der Waals surface area contributed by atoms with E-state index < -0.39 is 11.5 Å². The Kier molecular flexibility index (Phi) is 5.47. The van der Waals surface area contributed by atoms with Gasteiger partial charge in [-0.3, -0.25) is 9.69 Å². The highest BCUT2D eigenvalue weighted by Crippen LogP contribution is 2.26. The number of primary amides is 1. The summed E-state index contributed by atoms with van der Waals surface area (Å²) in [5.41, 5.74) is 8.19. The number of nitrogens with two attached hydrogens (primary N) is 1. The highest BCUT2D eigenvalue weighted by Gasteiger charge is 2.27. The second-order valence-corrected chi connectivity index (χ2v) is 8.12. The normalized spacial score (nSPS) is 13.2. The Hall–Kier alpha value is -2.80. The highest BCUT2D eigenvalue weighted by atomic mass is 35.5. The Bertz CT molecular complexity index is 924. The van der Waals surface area contributed by atoms with Crippen LogP contribution in [0.4, 0.5) is 10.6 Å². The number of ether oxygens (including phenoxy) is 1. The van der Waals surface area contributed by atoms with Gasteiger partial charge in [-0.1, -0.05) is 29.8 Å². The Labute approximate surface area is 168 Å². The third kappa shape index (κ3) is 4.72. The Morgan fingerprint density at radius 2 is 1.96 bits per heavy atom. The molecule has 0 spiro atoms. The van der Waals surface area contributed by atoms with E-state index in [1.165, 1.54) is 12.3 Å². The summed E-state index contributed by atoms with van der Waals surface area (Å²) in [7, 11) is 0. The lowest BCUT2D eigenvalue weighted by Gasteiger charge is -2.24. The molecule has 0 aliphatic carbocycles. The fourth-order valence-electron chi connectivity index (χ4n) is 2.90. The lowest BCUT2D eigenvalue weighted by Crippen LogP contribution is -2.33. The number of anilines is 1. The first kappa shape index (κ1) is 19.9. The van der Waals surface area contributed by atoms with Crippen molar-refractivity contribution in [2.45, 2.75) is 46.0 Å². The van der Waals surface area contributed by atoms with E-state index >= 15 is 0 Å². The molecule has 3 N–H and O–H groups in total. The maximum atomic E-state index is 12.3. The average molecular weight is 403 g/mol. The van der Waals surface area contributed by atoms with Crippen LogP contribution in [0.1, 0.15) is 47.8 Å². The summed E-state index contributed by atoms with van der Waals surface area (Å²) in [6, 6.07) is 7.55. The van der Waals surface area contributed by atoms with Crippen molar-refractivity contribution in [3.8, 4) is 0 Å². The average Bonchev–Trinajstić information content (AvgIpc) is 3.02. The summed E-state index contributed by atoms with van der Waals surface area (Å²) >= 11 is 6.15. The SMILES string of the molecule is CC(C)(C)OC(=O)N1Cc2ccc(CNc3ncc(C(N)=O)cc3Cl)cc2C1. The lowest BCUT2D eigenvalue weighted by molar-refractivity contribution is 0.0241. The number of fused-ring (bicyclic) bond motifs is 1. The number of nitrogens with one attached hydrogen (secondary N) is 1. The predicted molar refractivity (Wildman–Crippen MR) is 107 cm³/mol. The molecule has 0 unspecified atom stereocenters. The van der Waals surface area contributed by atoms with E-state index in [4.69, 9.17) is 22.1 Å². The zero-order chi connectivity index (χ0) is 20.5. The largest absolute Gasteiger partial charge is 0.444 e. The summed E-state index contributed by atoms with van der Waals surface area (Å²) in [6.07, 6.45) is 1.08. The van der Waals surface area contributed by atoms with Gasteiger partial charge in [-0.25, -0.2) is 9.78 Å². The molecule has 0 fully saturated rings. The summed E-state index contributed by atoms with van der Waals surface area (Å²) in [5, 5.41) is 3.48. The Balaban J connectivity index is 1.64. The third-order valence-electron chi connectivity index (χ3n) is 4.23. The van der Waals surface area contributed by atoms with Gasteiger partial charge in [-0.15, -0.1) is 0 Å². The van der Waals surface area contributed by atoms with Gasteiger partial charge in [0, 0.05) is 25.8 Å².